The second-order valence-corrected chi connectivity index (χ2v) is 7.09. The second kappa shape index (κ2) is 9.83. The van der Waals surface area contributed by atoms with Crippen molar-refractivity contribution < 1.29 is 28.6 Å². The summed E-state index contributed by atoms with van der Waals surface area (Å²) in [5.41, 5.74) is 1.49. The minimum Gasteiger partial charge on any atom is -0.486 e. The number of esters is 1. The van der Waals surface area contributed by atoms with Crippen LogP contribution in [0.1, 0.15) is 5.56 Å². The van der Waals surface area contributed by atoms with Crippen molar-refractivity contribution in [1.82, 2.24) is 5.32 Å². The number of benzene rings is 2. The fourth-order valence-electron chi connectivity index (χ4n) is 2.49. The maximum absolute atomic E-state index is 11.9. The van der Waals surface area contributed by atoms with Crippen LogP contribution >= 0.6 is 11.8 Å². The number of imide groups is 1. The van der Waals surface area contributed by atoms with E-state index in [1.165, 1.54) is 11.8 Å². The lowest BCUT2D eigenvalue weighted by atomic mass is 10.2. The highest BCUT2D eigenvalue weighted by Crippen LogP contribution is 2.32. The number of rotatable bonds is 6. The Bertz CT molecular complexity index is 918. The first-order valence-electron chi connectivity index (χ1n) is 8.86. The van der Waals surface area contributed by atoms with Gasteiger partial charge in [0.25, 0.3) is 5.91 Å². The largest absolute Gasteiger partial charge is 0.486 e. The molecule has 1 aliphatic heterocycles. The number of hydrogen-bond donors (Lipinski definition) is 2. The molecule has 0 saturated carbocycles. The number of amides is 3. The zero-order chi connectivity index (χ0) is 20.6. The Morgan fingerprint density at radius 1 is 1.07 bits per heavy atom. The van der Waals surface area contributed by atoms with E-state index >= 15 is 0 Å². The van der Waals surface area contributed by atoms with Gasteiger partial charge in [-0.15, -0.1) is 11.8 Å². The van der Waals surface area contributed by atoms with E-state index in [4.69, 9.17) is 14.2 Å². The molecule has 0 unspecified atom stereocenters. The molecule has 29 heavy (non-hydrogen) atoms. The van der Waals surface area contributed by atoms with E-state index in [-0.39, 0.29) is 5.75 Å². The Morgan fingerprint density at radius 3 is 2.62 bits per heavy atom. The number of thioether (sulfide) groups is 1. The Balaban J connectivity index is 1.39. The SMILES string of the molecule is Cc1ccccc1SCC(=O)OCC(=O)NC(=O)Nc1ccc2c(c1)OCCO2. The van der Waals surface area contributed by atoms with Crippen molar-refractivity contribution >= 4 is 35.4 Å². The van der Waals surface area contributed by atoms with Gasteiger partial charge in [-0.1, -0.05) is 18.2 Å². The third kappa shape index (κ3) is 6.15. The molecule has 0 saturated heterocycles. The molecule has 0 aromatic heterocycles. The summed E-state index contributed by atoms with van der Waals surface area (Å²) in [7, 11) is 0. The summed E-state index contributed by atoms with van der Waals surface area (Å²) in [6.45, 7) is 2.30. The summed E-state index contributed by atoms with van der Waals surface area (Å²) in [6.07, 6.45) is 0. The minimum absolute atomic E-state index is 0.0710. The summed E-state index contributed by atoms with van der Waals surface area (Å²) >= 11 is 1.33. The third-order valence-electron chi connectivity index (χ3n) is 3.86. The van der Waals surface area contributed by atoms with Gasteiger partial charge >= 0.3 is 12.0 Å². The van der Waals surface area contributed by atoms with E-state index in [9.17, 15) is 14.4 Å². The summed E-state index contributed by atoms with van der Waals surface area (Å²) in [5.74, 6) is -0.0919. The first kappa shape index (κ1) is 20.5. The van der Waals surface area contributed by atoms with Gasteiger partial charge < -0.3 is 19.5 Å². The zero-order valence-corrected chi connectivity index (χ0v) is 16.5. The summed E-state index contributed by atoms with van der Waals surface area (Å²) in [5, 5.41) is 4.61. The van der Waals surface area contributed by atoms with Crippen LogP contribution in [-0.4, -0.2) is 43.5 Å². The molecular formula is C20H20N2O6S. The lowest BCUT2D eigenvalue weighted by Crippen LogP contribution is -2.37. The van der Waals surface area contributed by atoms with Crippen LogP contribution in [-0.2, 0) is 14.3 Å². The maximum Gasteiger partial charge on any atom is 0.325 e. The highest BCUT2D eigenvalue weighted by molar-refractivity contribution is 8.00. The third-order valence-corrected chi connectivity index (χ3v) is 5.01. The molecule has 1 heterocycles. The molecule has 0 atom stereocenters. The molecule has 152 valence electrons. The molecule has 9 heteroatoms. The normalized spacial score (nSPS) is 12.0. The van der Waals surface area contributed by atoms with Gasteiger partial charge in [0.2, 0.25) is 0 Å². The van der Waals surface area contributed by atoms with Crippen LogP contribution in [0.3, 0.4) is 0 Å². The first-order valence-corrected chi connectivity index (χ1v) is 9.84. The van der Waals surface area contributed by atoms with Gasteiger partial charge in [-0.2, -0.15) is 0 Å². The van der Waals surface area contributed by atoms with Crippen LogP contribution in [0.2, 0.25) is 0 Å². The fourth-order valence-corrected chi connectivity index (χ4v) is 3.32. The molecule has 2 N–H and O–H groups in total. The molecule has 2 aromatic carbocycles. The van der Waals surface area contributed by atoms with Gasteiger partial charge in [0, 0.05) is 16.6 Å². The molecular weight excluding hydrogens is 396 g/mol. The van der Waals surface area contributed by atoms with E-state index in [1.807, 2.05) is 31.2 Å². The lowest BCUT2D eigenvalue weighted by Gasteiger charge is -2.19. The highest BCUT2D eigenvalue weighted by atomic mass is 32.2. The van der Waals surface area contributed by atoms with E-state index in [0.29, 0.717) is 30.4 Å². The predicted octanol–water partition coefficient (Wildman–Crippen LogP) is 2.75. The molecule has 3 amide bonds. The van der Waals surface area contributed by atoms with Crippen molar-refractivity contribution in [3.8, 4) is 11.5 Å². The van der Waals surface area contributed by atoms with Crippen molar-refractivity contribution in [2.24, 2.45) is 0 Å². The quantitative estimate of drug-likeness (QED) is 0.551. The number of aryl methyl sites for hydroxylation is 1. The van der Waals surface area contributed by atoms with E-state index < -0.39 is 24.5 Å². The highest BCUT2D eigenvalue weighted by Gasteiger charge is 2.15. The second-order valence-electron chi connectivity index (χ2n) is 6.08. The zero-order valence-electron chi connectivity index (χ0n) is 15.7. The molecule has 0 radical (unpaired) electrons. The molecule has 1 aliphatic rings. The molecule has 3 rings (SSSR count). The molecule has 0 aliphatic carbocycles. The van der Waals surface area contributed by atoms with Crippen LogP contribution in [0, 0.1) is 6.92 Å². The van der Waals surface area contributed by atoms with E-state index in [1.54, 1.807) is 18.2 Å². The Kier molecular flexibility index (Phi) is 6.96. The van der Waals surface area contributed by atoms with Gasteiger partial charge in [-0.05, 0) is 30.7 Å². The predicted molar refractivity (Wildman–Crippen MR) is 107 cm³/mol. The van der Waals surface area contributed by atoms with E-state index in [2.05, 4.69) is 10.6 Å². The Morgan fingerprint density at radius 2 is 1.83 bits per heavy atom. The number of hydrogen-bond acceptors (Lipinski definition) is 7. The van der Waals surface area contributed by atoms with Crippen LogP contribution in [0.5, 0.6) is 11.5 Å². The van der Waals surface area contributed by atoms with Crippen LogP contribution in [0.15, 0.2) is 47.4 Å². The van der Waals surface area contributed by atoms with Crippen molar-refractivity contribution in [3.63, 3.8) is 0 Å². The smallest absolute Gasteiger partial charge is 0.325 e. The lowest BCUT2D eigenvalue weighted by molar-refractivity contribution is -0.145. The number of urea groups is 1. The number of carbonyl (C=O) groups is 3. The minimum atomic E-state index is -0.739. The van der Waals surface area contributed by atoms with Crippen LogP contribution in [0.4, 0.5) is 10.5 Å². The Labute approximate surface area is 171 Å². The van der Waals surface area contributed by atoms with Crippen molar-refractivity contribution in [3.05, 3.63) is 48.0 Å². The molecule has 8 nitrogen and oxygen atoms in total. The monoisotopic (exact) mass is 416 g/mol. The van der Waals surface area contributed by atoms with Gasteiger partial charge in [0.05, 0.1) is 5.75 Å². The van der Waals surface area contributed by atoms with Gasteiger partial charge in [-0.3, -0.25) is 14.9 Å². The van der Waals surface area contributed by atoms with Crippen LogP contribution < -0.4 is 20.1 Å². The fraction of sp³-hybridized carbons (Fsp3) is 0.250. The van der Waals surface area contributed by atoms with Gasteiger partial charge in [0.15, 0.2) is 18.1 Å². The molecule has 0 bridgehead atoms. The maximum atomic E-state index is 11.9. The average Bonchev–Trinajstić information content (AvgIpc) is 2.71. The standard InChI is InChI=1S/C20H20N2O6S/c1-13-4-2-3-5-17(13)29-12-19(24)28-11-18(23)22-20(25)21-14-6-7-15-16(10-14)27-9-8-26-15/h2-7,10H,8-9,11-12H2,1H3,(H2,21,22,23,25). The summed E-state index contributed by atoms with van der Waals surface area (Å²) in [4.78, 5) is 36.5. The molecule has 2 aromatic rings. The summed E-state index contributed by atoms with van der Waals surface area (Å²) in [6, 6.07) is 11.8. The van der Waals surface area contributed by atoms with Crippen molar-refractivity contribution in [1.29, 1.82) is 0 Å². The average molecular weight is 416 g/mol. The number of carbonyl (C=O) groups excluding carboxylic acids is 3. The van der Waals surface area contributed by atoms with Gasteiger partial charge in [0.1, 0.15) is 13.2 Å². The first-order chi connectivity index (χ1) is 14.0. The van der Waals surface area contributed by atoms with E-state index in [0.717, 1.165) is 10.5 Å². The summed E-state index contributed by atoms with van der Waals surface area (Å²) < 4.78 is 15.7. The molecule has 0 fully saturated rings. The van der Waals surface area contributed by atoms with Crippen molar-refractivity contribution in [2.45, 2.75) is 11.8 Å². The topological polar surface area (TPSA) is 103 Å². The molecule has 0 spiro atoms. The van der Waals surface area contributed by atoms with Crippen molar-refractivity contribution in [2.75, 3.05) is 30.9 Å². The van der Waals surface area contributed by atoms with Crippen LogP contribution in [0.25, 0.3) is 0 Å². The number of nitrogens with one attached hydrogen (secondary N) is 2. The Hall–Kier alpha value is -3.20. The number of fused-ring (bicyclic) bond motifs is 1. The number of ether oxygens (including phenoxy) is 3. The van der Waals surface area contributed by atoms with Gasteiger partial charge in [-0.25, -0.2) is 4.79 Å². The number of anilines is 1.